The van der Waals surface area contributed by atoms with Gasteiger partial charge in [0.2, 0.25) is 0 Å². The molecule has 8 heteroatoms. The number of hydrogen-bond acceptors (Lipinski definition) is 2. The number of rotatable bonds is 6. The first-order chi connectivity index (χ1) is 15.8. The Balaban J connectivity index is 0.000000565. The van der Waals surface area contributed by atoms with E-state index < -0.39 is 16.5 Å². The predicted octanol–water partition coefficient (Wildman–Crippen LogP) is 9.54. The van der Waals surface area contributed by atoms with Crippen molar-refractivity contribution in [2.24, 2.45) is 0 Å². The molecule has 4 rings (SSSR count). The average molecular weight is 546 g/mol. The fraction of sp³-hybridized carbons (Fsp3) is 0.593. The first kappa shape index (κ1) is 34.0. The molecule has 0 bridgehead atoms. The standard InChI is InChI=1S/2C12H19N2Si.C2H6N.CH3.Ti/c2*1-15(2,11-7-3-4-8-11)14-12-9-5-6-10-13-12;1-3-2;;/h2*5-6,9-11H,3-4,7-8H2,1-2H3;1-2H3;1H3;/q4*-1;+4. The molecular weight excluding hydrogens is 498 g/mol. The summed E-state index contributed by atoms with van der Waals surface area (Å²) in [4.78, 5) is 18.4. The maximum absolute atomic E-state index is 4.90. The monoisotopic (exact) mass is 545 g/mol. The van der Waals surface area contributed by atoms with Crippen LogP contribution in [0.2, 0.25) is 37.3 Å². The molecule has 5 nitrogen and oxygen atoms in total. The van der Waals surface area contributed by atoms with Crippen LogP contribution in [0, 0.1) is 7.43 Å². The van der Waals surface area contributed by atoms with Gasteiger partial charge in [0.1, 0.15) is 0 Å². The molecule has 2 fully saturated rings. The summed E-state index contributed by atoms with van der Waals surface area (Å²) in [6, 6.07) is 12.0. The van der Waals surface area contributed by atoms with Crippen molar-refractivity contribution in [2.75, 3.05) is 14.1 Å². The minimum Gasteiger partial charge on any atom is -0.668 e. The molecule has 0 saturated heterocycles. The largest absolute Gasteiger partial charge is 4.00 e. The first-order valence-electron chi connectivity index (χ1n) is 12.5. The molecule has 0 N–H and O–H groups in total. The van der Waals surface area contributed by atoms with E-state index in [9.17, 15) is 0 Å². The van der Waals surface area contributed by atoms with Gasteiger partial charge in [-0.25, -0.2) is 0 Å². The van der Waals surface area contributed by atoms with Crippen LogP contribution in [0.3, 0.4) is 0 Å². The van der Waals surface area contributed by atoms with Gasteiger partial charge < -0.3 is 32.7 Å². The smallest absolute Gasteiger partial charge is 0.668 e. The van der Waals surface area contributed by atoms with Crippen LogP contribution in [-0.2, 0) is 21.7 Å². The molecule has 0 amide bonds. The van der Waals surface area contributed by atoms with Gasteiger partial charge in [-0.1, -0.05) is 138 Å². The second-order valence-corrected chi connectivity index (χ2v) is 19.0. The summed E-state index contributed by atoms with van der Waals surface area (Å²) in [5.41, 5.74) is 1.75. The summed E-state index contributed by atoms with van der Waals surface area (Å²) in [6.45, 7) is 9.49. The Bertz CT molecular complexity index is 700. The summed E-state index contributed by atoms with van der Waals surface area (Å²) in [7, 11) is 0.603. The molecular formula is C27H47N5Si2Ti. The summed E-state index contributed by atoms with van der Waals surface area (Å²) in [5.74, 6) is 1.86. The summed E-state index contributed by atoms with van der Waals surface area (Å²) >= 11 is 0. The molecule has 2 heterocycles. The molecule has 192 valence electrons. The molecule has 0 spiro atoms. The number of nitrogens with zero attached hydrogens (tertiary/aromatic N) is 5. The van der Waals surface area contributed by atoms with Crippen LogP contribution in [0.25, 0.3) is 15.3 Å². The maximum Gasteiger partial charge on any atom is 4.00 e. The van der Waals surface area contributed by atoms with Crippen molar-refractivity contribution in [1.82, 2.24) is 9.97 Å². The van der Waals surface area contributed by atoms with Crippen LogP contribution in [0.15, 0.2) is 48.8 Å². The Kier molecular flexibility index (Phi) is 17.0. The normalized spacial score (nSPS) is 15.9. The number of pyridine rings is 2. The minimum atomic E-state index is -1.45. The quantitative estimate of drug-likeness (QED) is 0.268. The van der Waals surface area contributed by atoms with E-state index in [0.29, 0.717) is 0 Å². The summed E-state index contributed by atoms with van der Waals surface area (Å²) < 4.78 is 0. The van der Waals surface area contributed by atoms with Crippen molar-refractivity contribution < 1.29 is 21.7 Å². The summed E-state index contributed by atoms with van der Waals surface area (Å²) in [5, 5.41) is 3.50. The number of aromatic nitrogens is 2. The van der Waals surface area contributed by atoms with Gasteiger partial charge in [0, 0.05) is 16.5 Å². The molecule has 0 radical (unpaired) electrons. The molecule has 0 aromatic carbocycles. The van der Waals surface area contributed by atoms with Gasteiger partial charge in [-0.3, -0.25) is 0 Å². The van der Waals surface area contributed by atoms with E-state index in [1.165, 1.54) is 51.4 Å². The van der Waals surface area contributed by atoms with Crippen LogP contribution in [0.1, 0.15) is 51.4 Å². The Morgan fingerprint density at radius 2 is 0.971 bits per heavy atom. The Labute approximate surface area is 233 Å². The molecule has 2 aromatic heterocycles. The van der Waals surface area contributed by atoms with Crippen LogP contribution in [0.4, 0.5) is 11.6 Å². The van der Waals surface area contributed by atoms with Crippen molar-refractivity contribution in [3.63, 3.8) is 0 Å². The van der Waals surface area contributed by atoms with Crippen molar-refractivity contribution in [1.29, 1.82) is 0 Å². The third-order valence-electron chi connectivity index (χ3n) is 6.81. The van der Waals surface area contributed by atoms with Gasteiger partial charge in [-0.15, -0.1) is 0 Å². The van der Waals surface area contributed by atoms with Crippen LogP contribution >= 0.6 is 0 Å². The van der Waals surface area contributed by atoms with Gasteiger partial charge in [0.15, 0.2) is 0 Å². The molecule has 0 atom stereocenters. The first-order valence-corrected chi connectivity index (χ1v) is 18.6. The molecule has 2 aromatic rings. The fourth-order valence-electron chi connectivity index (χ4n) is 4.88. The van der Waals surface area contributed by atoms with Crippen LogP contribution < -0.4 is 0 Å². The molecule has 2 saturated carbocycles. The summed E-state index contributed by atoms with van der Waals surface area (Å²) in [6.07, 6.45) is 14.8. The molecule has 35 heavy (non-hydrogen) atoms. The van der Waals surface area contributed by atoms with Gasteiger partial charge in [0.05, 0.1) is 0 Å². The van der Waals surface area contributed by atoms with Gasteiger partial charge in [-0.05, 0) is 11.1 Å². The Hall–Kier alpha value is -0.992. The van der Waals surface area contributed by atoms with Gasteiger partial charge in [-0.2, -0.15) is 14.1 Å². The molecule has 2 aliphatic rings. The molecule has 2 aliphatic carbocycles. The van der Waals surface area contributed by atoms with Crippen molar-refractivity contribution in [2.45, 2.75) is 88.6 Å². The Morgan fingerprint density at radius 3 is 1.23 bits per heavy atom. The zero-order chi connectivity index (χ0) is 24.2. The van der Waals surface area contributed by atoms with Crippen molar-refractivity contribution in [3.05, 3.63) is 71.5 Å². The molecule has 0 unspecified atom stereocenters. The van der Waals surface area contributed by atoms with E-state index >= 15 is 0 Å². The van der Waals surface area contributed by atoms with Crippen molar-refractivity contribution in [3.8, 4) is 0 Å². The SMILES string of the molecule is C[N-]C.C[Si](C)([N-]c1ccccn1)C1CCCC1.C[Si](C)([N-]c1ccccn1)C1CCCC1.[CH3-].[Ti+4]. The van der Waals surface area contributed by atoms with E-state index in [2.05, 4.69) is 41.5 Å². The third kappa shape index (κ3) is 12.2. The van der Waals surface area contributed by atoms with Gasteiger partial charge in [0.25, 0.3) is 0 Å². The van der Waals surface area contributed by atoms with E-state index in [-0.39, 0.29) is 29.1 Å². The fourth-order valence-corrected chi connectivity index (χ4v) is 10.3. The predicted molar refractivity (Wildman–Crippen MR) is 156 cm³/mol. The second-order valence-electron chi connectivity index (χ2n) is 10.3. The van der Waals surface area contributed by atoms with Crippen LogP contribution in [-0.4, -0.2) is 40.5 Å². The van der Waals surface area contributed by atoms with Crippen molar-refractivity contribution >= 4 is 28.1 Å². The third-order valence-corrected chi connectivity index (χ3v) is 13.6. The second kappa shape index (κ2) is 17.5. The number of hydrogen-bond donors (Lipinski definition) is 0. The zero-order valence-electron chi connectivity index (χ0n) is 23.2. The maximum atomic E-state index is 4.90. The van der Waals surface area contributed by atoms with Gasteiger partial charge >= 0.3 is 21.7 Å². The zero-order valence-corrected chi connectivity index (χ0v) is 26.7. The van der Waals surface area contributed by atoms with E-state index in [0.717, 1.165) is 22.7 Å². The van der Waals surface area contributed by atoms with E-state index in [1.54, 1.807) is 14.1 Å². The van der Waals surface area contributed by atoms with E-state index in [1.807, 2.05) is 48.8 Å². The minimum absolute atomic E-state index is 0. The van der Waals surface area contributed by atoms with E-state index in [4.69, 9.17) is 9.96 Å². The van der Waals surface area contributed by atoms with Crippen LogP contribution in [0.5, 0.6) is 0 Å². The molecule has 0 aliphatic heterocycles. The Morgan fingerprint density at radius 1 is 0.657 bits per heavy atom. The topological polar surface area (TPSA) is 68.1 Å². The average Bonchev–Trinajstić information content (AvgIpc) is 3.51.